The van der Waals surface area contributed by atoms with E-state index in [1.165, 1.54) is 18.2 Å². The molecule has 0 spiro atoms. The first-order valence-electron chi connectivity index (χ1n) is 15.8. The summed E-state index contributed by atoms with van der Waals surface area (Å²) in [5.41, 5.74) is 5.90. The van der Waals surface area contributed by atoms with Gasteiger partial charge in [-0.3, -0.25) is 9.59 Å². The van der Waals surface area contributed by atoms with Crippen LogP contribution in [0.5, 0.6) is 0 Å². The van der Waals surface area contributed by atoms with E-state index in [-0.39, 0.29) is 17.9 Å². The summed E-state index contributed by atoms with van der Waals surface area (Å²) >= 11 is 6.06. The minimum absolute atomic E-state index is 0.158. The first-order chi connectivity index (χ1) is 21.3. The molecule has 2 heterocycles. The van der Waals surface area contributed by atoms with Crippen molar-refractivity contribution in [2.24, 2.45) is 11.7 Å². The number of amides is 2. The molecule has 45 heavy (non-hydrogen) atoms. The summed E-state index contributed by atoms with van der Waals surface area (Å²) in [7, 11) is 2.14. The molecule has 2 aliphatic heterocycles. The highest BCUT2D eigenvalue weighted by Gasteiger charge is 2.36. The standard InChI is InChI=1S/C33H46ClF3N6O2/c1-23(2)22-43(42-18-16-40(3)17-19-42)26-12-14-41(15-13-26)32(45)30(20-24-8-10-25(34)11-9-24)39-31(44)21-29(38)27-6-4-5-7-28(27)33(35,36)37/h4-11,23,26,29-30H,12-22,38H2,1-3H3,(H,39,44). The zero-order valence-electron chi connectivity index (χ0n) is 26.4. The number of nitrogens with zero attached hydrogens (tertiary/aromatic N) is 4. The van der Waals surface area contributed by atoms with Crippen molar-refractivity contribution in [3.8, 4) is 0 Å². The van der Waals surface area contributed by atoms with Crippen LogP contribution < -0.4 is 11.1 Å². The Morgan fingerprint density at radius 2 is 1.62 bits per heavy atom. The molecule has 2 aromatic rings. The average molecular weight is 651 g/mol. The molecule has 0 saturated carbocycles. The van der Waals surface area contributed by atoms with Gasteiger partial charge in [0.15, 0.2) is 0 Å². The second-order valence-electron chi connectivity index (χ2n) is 12.7. The van der Waals surface area contributed by atoms with Crippen LogP contribution in [-0.2, 0) is 22.2 Å². The molecule has 0 aliphatic carbocycles. The van der Waals surface area contributed by atoms with Crippen LogP contribution >= 0.6 is 11.6 Å². The topological polar surface area (TPSA) is 85.1 Å². The third-order valence-corrected chi connectivity index (χ3v) is 8.90. The number of likely N-dealkylation sites (N-methyl/N-ethyl adjacent to an activating group) is 1. The van der Waals surface area contributed by atoms with Gasteiger partial charge in [0.1, 0.15) is 6.04 Å². The van der Waals surface area contributed by atoms with Gasteiger partial charge in [0.2, 0.25) is 11.8 Å². The lowest BCUT2D eigenvalue weighted by Crippen LogP contribution is -2.60. The molecule has 2 fully saturated rings. The van der Waals surface area contributed by atoms with Crippen LogP contribution in [0.1, 0.15) is 55.8 Å². The molecule has 0 radical (unpaired) electrons. The van der Waals surface area contributed by atoms with Crippen molar-refractivity contribution in [3.63, 3.8) is 0 Å². The fourth-order valence-corrected chi connectivity index (χ4v) is 6.35. The minimum atomic E-state index is -4.60. The number of benzene rings is 2. The van der Waals surface area contributed by atoms with Crippen LogP contribution in [0.25, 0.3) is 0 Å². The SMILES string of the molecule is CC(C)CN(C1CCN(C(=O)C(Cc2ccc(Cl)cc2)NC(=O)CC(N)c2ccccc2C(F)(F)F)CC1)N1CCN(C)CC1. The number of nitrogens with two attached hydrogens (primary N) is 1. The van der Waals surface area contributed by atoms with Gasteiger partial charge in [-0.25, -0.2) is 10.0 Å². The maximum Gasteiger partial charge on any atom is 0.416 e. The molecule has 2 saturated heterocycles. The first-order valence-corrected chi connectivity index (χ1v) is 16.1. The second kappa shape index (κ2) is 15.7. The normalized spacial score (nSPS) is 18.8. The van der Waals surface area contributed by atoms with E-state index < -0.39 is 36.2 Å². The van der Waals surface area contributed by atoms with E-state index in [1.807, 2.05) is 0 Å². The molecule has 0 bridgehead atoms. The number of piperazine rings is 1. The number of halogens is 4. The number of rotatable bonds is 11. The van der Waals surface area contributed by atoms with E-state index >= 15 is 0 Å². The molecule has 2 unspecified atom stereocenters. The van der Waals surface area contributed by atoms with Gasteiger partial charge in [0.25, 0.3) is 0 Å². The smallest absolute Gasteiger partial charge is 0.344 e. The van der Waals surface area contributed by atoms with E-state index in [4.69, 9.17) is 17.3 Å². The molecule has 2 aromatic carbocycles. The first kappa shape index (κ1) is 35.2. The number of piperidine rings is 1. The van der Waals surface area contributed by atoms with Crippen molar-refractivity contribution in [1.29, 1.82) is 0 Å². The third kappa shape index (κ3) is 9.89. The Bertz CT molecular complexity index is 1260. The highest BCUT2D eigenvalue weighted by molar-refractivity contribution is 6.30. The van der Waals surface area contributed by atoms with Crippen molar-refractivity contribution >= 4 is 23.4 Å². The molecular formula is C33H46ClF3N6O2. The van der Waals surface area contributed by atoms with E-state index in [0.29, 0.717) is 30.1 Å². The van der Waals surface area contributed by atoms with Crippen LogP contribution in [0.3, 0.4) is 0 Å². The third-order valence-electron chi connectivity index (χ3n) is 8.65. The van der Waals surface area contributed by atoms with Crippen LogP contribution in [0.15, 0.2) is 48.5 Å². The second-order valence-corrected chi connectivity index (χ2v) is 13.1. The van der Waals surface area contributed by atoms with Gasteiger partial charge < -0.3 is 20.9 Å². The monoisotopic (exact) mass is 650 g/mol. The summed E-state index contributed by atoms with van der Waals surface area (Å²) in [5.74, 6) is -0.298. The molecule has 2 amide bonds. The van der Waals surface area contributed by atoms with Gasteiger partial charge in [-0.05, 0) is 55.1 Å². The van der Waals surface area contributed by atoms with E-state index in [9.17, 15) is 22.8 Å². The Labute approximate surface area is 269 Å². The molecule has 2 atom stereocenters. The van der Waals surface area contributed by atoms with Crippen LogP contribution in [0.4, 0.5) is 13.2 Å². The number of alkyl halides is 3. The largest absolute Gasteiger partial charge is 0.416 e. The lowest BCUT2D eigenvalue weighted by atomic mass is 9.97. The molecule has 248 valence electrons. The van der Waals surface area contributed by atoms with Gasteiger partial charge in [0.05, 0.1) is 5.56 Å². The van der Waals surface area contributed by atoms with Crippen molar-refractivity contribution in [1.82, 2.24) is 25.1 Å². The molecule has 4 rings (SSSR count). The van der Waals surface area contributed by atoms with Crippen molar-refractivity contribution < 1.29 is 22.8 Å². The molecule has 0 aromatic heterocycles. The van der Waals surface area contributed by atoms with Gasteiger partial charge in [0, 0.05) is 75.8 Å². The molecular weight excluding hydrogens is 605 g/mol. The summed E-state index contributed by atoms with van der Waals surface area (Å²) in [6.07, 6.45) is -3.15. The number of hydrogen-bond donors (Lipinski definition) is 2. The van der Waals surface area contributed by atoms with Crippen molar-refractivity contribution in [2.75, 3.05) is 52.9 Å². The Hall–Kier alpha value is -2.70. The molecule has 2 aliphatic rings. The van der Waals surface area contributed by atoms with Gasteiger partial charge in [-0.15, -0.1) is 0 Å². The Morgan fingerprint density at radius 1 is 1.00 bits per heavy atom. The number of nitrogens with one attached hydrogen (secondary N) is 1. The van der Waals surface area contributed by atoms with Gasteiger partial charge in [-0.1, -0.05) is 55.8 Å². The fourth-order valence-electron chi connectivity index (χ4n) is 6.22. The van der Waals surface area contributed by atoms with Gasteiger partial charge >= 0.3 is 6.18 Å². The van der Waals surface area contributed by atoms with E-state index in [2.05, 4.69) is 41.1 Å². The summed E-state index contributed by atoms with van der Waals surface area (Å²) < 4.78 is 40.7. The van der Waals surface area contributed by atoms with Crippen molar-refractivity contribution in [2.45, 2.75) is 63.8 Å². The lowest BCUT2D eigenvalue weighted by molar-refractivity contribution is -0.141. The highest BCUT2D eigenvalue weighted by atomic mass is 35.5. The number of likely N-dealkylation sites (tertiary alicyclic amines) is 1. The Balaban J connectivity index is 1.44. The molecule has 12 heteroatoms. The summed E-state index contributed by atoms with van der Waals surface area (Å²) in [5, 5.41) is 8.32. The fraction of sp³-hybridized carbons (Fsp3) is 0.576. The van der Waals surface area contributed by atoms with Crippen LogP contribution in [-0.4, -0.2) is 96.6 Å². The zero-order chi connectivity index (χ0) is 32.7. The van der Waals surface area contributed by atoms with E-state index in [0.717, 1.165) is 57.2 Å². The zero-order valence-corrected chi connectivity index (χ0v) is 27.2. The molecule has 3 N–H and O–H groups in total. The summed E-state index contributed by atoms with van der Waals surface area (Å²) in [6, 6.07) is 10.3. The number of hydrazine groups is 1. The van der Waals surface area contributed by atoms with Crippen LogP contribution in [0, 0.1) is 5.92 Å². The number of carbonyl (C=O) groups excluding carboxylic acids is 2. The number of hydrogen-bond acceptors (Lipinski definition) is 6. The quantitative estimate of drug-likeness (QED) is 0.370. The predicted molar refractivity (Wildman–Crippen MR) is 170 cm³/mol. The Kier molecular flexibility index (Phi) is 12.3. The van der Waals surface area contributed by atoms with Crippen LogP contribution in [0.2, 0.25) is 5.02 Å². The average Bonchev–Trinajstić information content (AvgIpc) is 3.00. The van der Waals surface area contributed by atoms with Gasteiger partial charge in [-0.2, -0.15) is 13.2 Å². The minimum Gasteiger partial charge on any atom is -0.344 e. The summed E-state index contributed by atoms with van der Waals surface area (Å²) in [6.45, 7) is 10.5. The predicted octanol–water partition coefficient (Wildman–Crippen LogP) is 4.59. The Morgan fingerprint density at radius 3 is 2.22 bits per heavy atom. The number of carbonyl (C=O) groups is 2. The lowest BCUT2D eigenvalue weighted by Gasteiger charge is -2.47. The maximum atomic E-state index is 13.9. The van der Waals surface area contributed by atoms with E-state index in [1.54, 1.807) is 29.2 Å². The van der Waals surface area contributed by atoms with Crippen molar-refractivity contribution in [3.05, 3.63) is 70.2 Å². The molecule has 8 nitrogen and oxygen atoms in total. The maximum absolute atomic E-state index is 13.9. The summed E-state index contributed by atoms with van der Waals surface area (Å²) in [4.78, 5) is 31.2. The highest BCUT2D eigenvalue weighted by Crippen LogP contribution is 2.34.